The quantitative estimate of drug-likeness (QED) is 0.176. The Bertz CT molecular complexity index is 3620. The van der Waals surface area contributed by atoms with Gasteiger partial charge in [0.05, 0.1) is 16.7 Å². The van der Waals surface area contributed by atoms with Crippen molar-refractivity contribution >= 4 is 64.9 Å². The summed E-state index contributed by atoms with van der Waals surface area (Å²) in [6, 6.07) is 73.6. The second-order valence-corrected chi connectivity index (χ2v) is 15.2. The molecule has 12 aromatic rings. The van der Waals surface area contributed by atoms with Gasteiger partial charge in [-0.15, -0.1) is 0 Å². The van der Waals surface area contributed by atoms with E-state index in [4.69, 9.17) is 15.0 Å². The molecular weight excluding hydrogens is 717 g/mol. The summed E-state index contributed by atoms with van der Waals surface area (Å²) in [5, 5.41) is 11.7. The second-order valence-electron chi connectivity index (χ2n) is 15.2. The van der Waals surface area contributed by atoms with Crippen LogP contribution in [-0.4, -0.2) is 19.5 Å². The summed E-state index contributed by atoms with van der Waals surface area (Å²) in [7, 11) is 0. The average Bonchev–Trinajstić information content (AvgIpc) is 3.62. The van der Waals surface area contributed by atoms with E-state index in [0.717, 1.165) is 66.1 Å². The first kappa shape index (κ1) is 33.2. The summed E-state index contributed by atoms with van der Waals surface area (Å²) in [5.74, 6) is 1.90. The van der Waals surface area contributed by atoms with Crippen molar-refractivity contribution in [3.05, 3.63) is 206 Å². The van der Waals surface area contributed by atoms with Gasteiger partial charge in [0.15, 0.2) is 17.5 Å². The van der Waals surface area contributed by atoms with E-state index in [9.17, 15) is 0 Å². The number of para-hydroxylation sites is 1. The molecule has 2 heterocycles. The van der Waals surface area contributed by atoms with E-state index in [0.29, 0.717) is 17.5 Å². The normalized spacial score (nSPS) is 11.7. The van der Waals surface area contributed by atoms with Crippen LogP contribution < -0.4 is 0 Å². The van der Waals surface area contributed by atoms with Crippen LogP contribution in [0, 0.1) is 0 Å². The number of rotatable bonds is 5. The first-order valence-corrected chi connectivity index (χ1v) is 20.0. The topological polar surface area (TPSA) is 43.6 Å². The maximum atomic E-state index is 5.38. The zero-order chi connectivity index (χ0) is 38.9. The molecule has 0 aliphatic rings. The van der Waals surface area contributed by atoms with Crippen LogP contribution in [0.4, 0.5) is 0 Å². The van der Waals surface area contributed by atoms with Gasteiger partial charge < -0.3 is 4.57 Å². The van der Waals surface area contributed by atoms with Gasteiger partial charge in [0, 0.05) is 38.4 Å². The lowest BCUT2D eigenvalue weighted by molar-refractivity contribution is 1.08. The minimum Gasteiger partial charge on any atom is -0.308 e. The van der Waals surface area contributed by atoms with Crippen LogP contribution in [0.2, 0.25) is 0 Å². The van der Waals surface area contributed by atoms with Crippen LogP contribution in [0.5, 0.6) is 0 Å². The third-order valence-corrected chi connectivity index (χ3v) is 11.8. The van der Waals surface area contributed by atoms with Crippen molar-refractivity contribution in [1.82, 2.24) is 19.5 Å². The van der Waals surface area contributed by atoms with Crippen LogP contribution in [0.1, 0.15) is 0 Å². The highest BCUT2D eigenvalue weighted by Gasteiger charge is 2.23. The van der Waals surface area contributed by atoms with Gasteiger partial charge in [0.1, 0.15) is 0 Å². The largest absolute Gasteiger partial charge is 0.308 e. The highest BCUT2D eigenvalue weighted by Crippen LogP contribution is 2.45. The Kier molecular flexibility index (Phi) is 7.50. The monoisotopic (exact) mass is 750 g/mol. The summed E-state index contributed by atoms with van der Waals surface area (Å²) in [5.41, 5.74) is 8.49. The molecule has 10 aromatic carbocycles. The fourth-order valence-electron chi connectivity index (χ4n) is 9.01. The molecule has 0 amide bonds. The maximum absolute atomic E-state index is 5.38. The van der Waals surface area contributed by atoms with Gasteiger partial charge in [-0.3, -0.25) is 0 Å². The fourth-order valence-corrected chi connectivity index (χ4v) is 9.01. The molecule has 4 heteroatoms. The molecule has 12 rings (SSSR count). The molecule has 0 aliphatic heterocycles. The fraction of sp³-hybridized carbons (Fsp3) is 0. The van der Waals surface area contributed by atoms with E-state index < -0.39 is 0 Å². The molecule has 0 bridgehead atoms. The number of hydrogen-bond donors (Lipinski definition) is 0. The van der Waals surface area contributed by atoms with E-state index in [1.807, 2.05) is 18.2 Å². The maximum Gasteiger partial charge on any atom is 0.164 e. The minimum absolute atomic E-state index is 0.625. The molecular formula is C55H34N4. The molecule has 0 saturated heterocycles. The zero-order valence-electron chi connectivity index (χ0n) is 31.9. The Morgan fingerprint density at radius 1 is 0.271 bits per heavy atom. The Labute approximate surface area is 340 Å². The van der Waals surface area contributed by atoms with Crippen LogP contribution in [0.25, 0.3) is 116 Å². The molecule has 0 spiro atoms. The summed E-state index contributed by atoms with van der Waals surface area (Å²) < 4.78 is 2.48. The van der Waals surface area contributed by atoms with Crippen molar-refractivity contribution < 1.29 is 0 Å². The first-order valence-electron chi connectivity index (χ1n) is 20.0. The average molecular weight is 751 g/mol. The Morgan fingerprint density at radius 2 is 0.847 bits per heavy atom. The predicted octanol–water partition coefficient (Wildman–Crippen LogP) is 14.2. The van der Waals surface area contributed by atoms with Crippen molar-refractivity contribution in [3.63, 3.8) is 0 Å². The summed E-state index contributed by atoms with van der Waals surface area (Å²) in [4.78, 5) is 15.9. The van der Waals surface area contributed by atoms with Gasteiger partial charge >= 0.3 is 0 Å². The molecule has 0 atom stereocenters. The van der Waals surface area contributed by atoms with Crippen molar-refractivity contribution in [3.8, 4) is 51.0 Å². The van der Waals surface area contributed by atoms with Crippen molar-refractivity contribution in [2.24, 2.45) is 0 Å². The number of benzene rings is 10. The lowest BCUT2D eigenvalue weighted by atomic mass is 9.92. The molecule has 0 fully saturated rings. The van der Waals surface area contributed by atoms with E-state index in [2.05, 4.69) is 193 Å². The molecule has 4 nitrogen and oxygen atoms in total. The molecule has 59 heavy (non-hydrogen) atoms. The van der Waals surface area contributed by atoms with Crippen LogP contribution in [0.3, 0.4) is 0 Å². The molecule has 0 saturated carbocycles. The number of hydrogen-bond acceptors (Lipinski definition) is 3. The van der Waals surface area contributed by atoms with Crippen LogP contribution in [-0.2, 0) is 0 Å². The Hall–Kier alpha value is -7.95. The Balaban J connectivity index is 1.22. The van der Waals surface area contributed by atoms with E-state index in [1.165, 1.54) is 32.3 Å². The molecule has 0 unspecified atom stereocenters. The van der Waals surface area contributed by atoms with Crippen LogP contribution in [0.15, 0.2) is 206 Å². The standard InChI is InChI=1S/C55H34N4/c1-2-17-37(18-3-1)53-56-54(46-27-14-22-36-16-8-9-23-42(36)46)58-55(57-53)49-34-47(41-30-29-35-15-4-5-19-38(35)31-41)52(45-26-11-10-24-43(45)49)59-50-28-13-12-25-44(50)48-32-39-20-6-7-21-40(39)33-51(48)59/h1-34H. The molecule has 2 aromatic heterocycles. The Morgan fingerprint density at radius 3 is 1.64 bits per heavy atom. The SMILES string of the molecule is c1ccc(-c2nc(-c3cccc4ccccc34)nc(-c3cc(-c4ccc5ccccc5c4)c(-n4c5ccccc5c5cc6ccccc6cc54)c4ccccc34)n2)cc1. The minimum atomic E-state index is 0.625. The highest BCUT2D eigenvalue weighted by molar-refractivity contribution is 6.16. The zero-order valence-corrected chi connectivity index (χ0v) is 31.9. The molecule has 0 radical (unpaired) electrons. The van der Waals surface area contributed by atoms with E-state index >= 15 is 0 Å². The van der Waals surface area contributed by atoms with Gasteiger partial charge in [-0.1, -0.05) is 176 Å². The van der Waals surface area contributed by atoms with Crippen molar-refractivity contribution in [2.45, 2.75) is 0 Å². The van der Waals surface area contributed by atoms with Gasteiger partial charge in [-0.2, -0.15) is 0 Å². The van der Waals surface area contributed by atoms with Gasteiger partial charge in [-0.05, 0) is 73.6 Å². The third kappa shape index (κ3) is 5.42. The molecule has 0 aliphatic carbocycles. The van der Waals surface area contributed by atoms with Crippen molar-refractivity contribution in [2.75, 3.05) is 0 Å². The summed E-state index contributed by atoms with van der Waals surface area (Å²) in [6.07, 6.45) is 0. The van der Waals surface area contributed by atoms with Gasteiger partial charge in [0.2, 0.25) is 0 Å². The third-order valence-electron chi connectivity index (χ3n) is 11.8. The van der Waals surface area contributed by atoms with Gasteiger partial charge in [-0.25, -0.2) is 15.0 Å². The smallest absolute Gasteiger partial charge is 0.164 e. The number of aromatic nitrogens is 4. The second kappa shape index (κ2) is 13.3. The first-order chi connectivity index (χ1) is 29.2. The van der Waals surface area contributed by atoms with Gasteiger partial charge in [0.25, 0.3) is 0 Å². The van der Waals surface area contributed by atoms with Crippen molar-refractivity contribution in [1.29, 1.82) is 0 Å². The number of nitrogens with zero attached hydrogens (tertiary/aromatic N) is 4. The molecule has 274 valence electrons. The summed E-state index contributed by atoms with van der Waals surface area (Å²) in [6.45, 7) is 0. The van der Waals surface area contributed by atoms with E-state index in [1.54, 1.807) is 0 Å². The lowest BCUT2D eigenvalue weighted by Crippen LogP contribution is -2.03. The highest BCUT2D eigenvalue weighted by atomic mass is 15.0. The van der Waals surface area contributed by atoms with Crippen LogP contribution >= 0.6 is 0 Å². The molecule has 0 N–H and O–H groups in total. The summed E-state index contributed by atoms with van der Waals surface area (Å²) >= 11 is 0. The lowest BCUT2D eigenvalue weighted by Gasteiger charge is -2.20. The number of fused-ring (bicyclic) bond motifs is 7. The predicted molar refractivity (Wildman–Crippen MR) is 246 cm³/mol. The van der Waals surface area contributed by atoms with E-state index in [-0.39, 0.29) is 0 Å².